The molecule has 0 spiro atoms. The molecule has 43 heavy (non-hydrogen) atoms. The van der Waals surface area contributed by atoms with Gasteiger partial charge < -0.3 is 14.7 Å². The average molecular weight is 642 g/mol. The van der Waals surface area contributed by atoms with Crippen LogP contribution in [0.15, 0.2) is 23.6 Å². The molecule has 6 unspecified atom stereocenters. The molecule has 0 aromatic heterocycles. The molecular formula is C31H46FN2O7S2+. The molecule has 2 heterocycles. The first-order chi connectivity index (χ1) is 20.5. The fourth-order valence-corrected chi connectivity index (χ4v) is 9.72. The predicted octanol–water partition coefficient (Wildman–Crippen LogP) is 4.96. The minimum Gasteiger partial charge on any atom is -0.481 e. The van der Waals surface area contributed by atoms with E-state index < -0.39 is 28.0 Å². The highest BCUT2D eigenvalue weighted by Crippen LogP contribution is 2.42. The third-order valence-electron chi connectivity index (χ3n) is 9.85. The number of carbonyl (C=O) groups is 2. The summed E-state index contributed by atoms with van der Waals surface area (Å²) in [7, 11) is -4.20. The summed E-state index contributed by atoms with van der Waals surface area (Å²) in [5, 5.41) is 10.4. The smallest absolute Gasteiger partial charge is 0.303 e. The average Bonchev–Trinajstić information content (AvgIpc) is 3.47. The number of allylic oxidation sites excluding steroid dienone is 2. The van der Waals surface area contributed by atoms with Gasteiger partial charge in [0.2, 0.25) is 5.04 Å². The Kier molecular flexibility index (Phi) is 10.6. The molecule has 0 radical (unpaired) electrons. The second kappa shape index (κ2) is 14.0. The van der Waals surface area contributed by atoms with Crippen LogP contribution in [0, 0.1) is 11.8 Å². The van der Waals surface area contributed by atoms with Crippen molar-refractivity contribution in [3.05, 3.63) is 23.6 Å². The van der Waals surface area contributed by atoms with E-state index in [1.54, 1.807) is 11.8 Å². The fourth-order valence-electron chi connectivity index (χ4n) is 7.70. The van der Waals surface area contributed by atoms with Gasteiger partial charge in [0.1, 0.15) is 24.6 Å². The highest BCUT2D eigenvalue weighted by Gasteiger charge is 2.47. The topological polar surface area (TPSA) is 124 Å². The van der Waals surface area contributed by atoms with Crippen molar-refractivity contribution in [3.8, 4) is 0 Å². The van der Waals surface area contributed by atoms with Crippen LogP contribution in [0.1, 0.15) is 90.4 Å². The lowest BCUT2D eigenvalue weighted by Gasteiger charge is -2.35. The Morgan fingerprint density at radius 3 is 2.58 bits per heavy atom. The largest absolute Gasteiger partial charge is 0.481 e. The fraction of sp³-hybridized carbons (Fsp3) is 0.774. The summed E-state index contributed by atoms with van der Waals surface area (Å²) in [5.74, 6) is -0.332. The zero-order chi connectivity index (χ0) is 30.7. The zero-order valence-corrected chi connectivity index (χ0v) is 26.7. The van der Waals surface area contributed by atoms with Crippen LogP contribution >= 0.6 is 11.8 Å². The van der Waals surface area contributed by atoms with Gasteiger partial charge in [-0.05, 0) is 69.2 Å². The number of fused-ring (bicyclic) bond motifs is 2. The van der Waals surface area contributed by atoms with Crippen molar-refractivity contribution in [1.29, 1.82) is 0 Å². The number of Topliss-reactive ketones (excluding diaryl/α,β-unsaturated/α-hetero) is 1. The van der Waals surface area contributed by atoms with Crippen LogP contribution in [0.25, 0.3) is 0 Å². The number of ether oxygens (including phenoxy) is 1. The van der Waals surface area contributed by atoms with Gasteiger partial charge in [0.15, 0.2) is 11.9 Å². The number of aliphatic carboxylic acids is 1. The summed E-state index contributed by atoms with van der Waals surface area (Å²) in [6, 6.07) is -0.109. The predicted molar refractivity (Wildman–Crippen MR) is 163 cm³/mol. The summed E-state index contributed by atoms with van der Waals surface area (Å²) < 4.78 is 55.9. The summed E-state index contributed by atoms with van der Waals surface area (Å²) in [6.45, 7) is 2.55. The lowest BCUT2D eigenvalue weighted by atomic mass is 9.74. The van der Waals surface area contributed by atoms with E-state index in [-0.39, 0.29) is 48.2 Å². The van der Waals surface area contributed by atoms with Gasteiger partial charge in [-0.3, -0.25) is 14.1 Å². The number of alkyl halides is 1. The van der Waals surface area contributed by atoms with Gasteiger partial charge in [0, 0.05) is 43.4 Å². The number of carboxylic acid groups (broad SMARTS) is 1. The van der Waals surface area contributed by atoms with Crippen LogP contribution in [0.4, 0.5) is 4.39 Å². The number of hydrogen-bond donors (Lipinski definition) is 2. The maximum Gasteiger partial charge on any atom is 0.303 e. The third-order valence-corrected chi connectivity index (χ3v) is 12.0. The summed E-state index contributed by atoms with van der Waals surface area (Å²) >= 11 is 1.72. The number of rotatable bonds is 11. The molecule has 1 saturated heterocycles. The quantitative estimate of drug-likeness (QED) is 0.238. The van der Waals surface area contributed by atoms with Crippen LogP contribution in [-0.2, 0) is 24.4 Å². The van der Waals surface area contributed by atoms with Crippen LogP contribution in [0.2, 0.25) is 0 Å². The normalized spacial score (nSPS) is 33.0. The van der Waals surface area contributed by atoms with Crippen LogP contribution < -0.4 is 0 Å². The number of carboxylic acids is 1. The molecule has 2 aliphatic heterocycles. The van der Waals surface area contributed by atoms with Crippen LogP contribution in [0.5, 0.6) is 0 Å². The number of halogens is 1. The van der Waals surface area contributed by atoms with Gasteiger partial charge in [-0.25, -0.2) is 8.97 Å². The number of thioether (sulfide) groups is 1. The van der Waals surface area contributed by atoms with E-state index in [0.29, 0.717) is 50.3 Å². The van der Waals surface area contributed by atoms with Crippen molar-refractivity contribution in [3.63, 3.8) is 0 Å². The molecule has 0 aromatic carbocycles. The van der Waals surface area contributed by atoms with Crippen molar-refractivity contribution >= 4 is 38.7 Å². The van der Waals surface area contributed by atoms with Gasteiger partial charge in [-0.2, -0.15) is 8.42 Å². The highest BCUT2D eigenvalue weighted by atomic mass is 32.2. The molecule has 3 saturated carbocycles. The first-order valence-corrected chi connectivity index (χ1v) is 18.5. The number of carbonyl (C=O) groups excluding carboxylic acids is 1. The highest BCUT2D eigenvalue weighted by molar-refractivity contribution is 8.14. The minimum atomic E-state index is -4.20. The van der Waals surface area contributed by atoms with Crippen molar-refractivity contribution in [2.75, 3.05) is 18.8 Å². The Bertz CT molecular complexity index is 1260. The van der Waals surface area contributed by atoms with Gasteiger partial charge in [-0.1, -0.05) is 19.3 Å². The zero-order valence-electron chi connectivity index (χ0n) is 25.0. The van der Waals surface area contributed by atoms with Gasteiger partial charge in [-0.15, -0.1) is 0 Å². The number of hydrogen-bond acceptors (Lipinski definition) is 7. The van der Waals surface area contributed by atoms with Crippen LogP contribution in [-0.4, -0.2) is 92.8 Å². The standard InChI is InChI=1S/C31H45FN2O7S2/c1-20(17-29-34(13-5-8-30(35)36)25-19-23(32)10-12-27(25)42-29)16-28-33(14-15-43(38,39)40)24-18-22(9-11-26(24)41-28)31(37)21-6-3-2-4-7-21/h16-17,21-27H,2-15,18-19H2,1H3,(H-,35,36,38,39,40)/p+1. The van der Waals surface area contributed by atoms with E-state index in [9.17, 15) is 27.0 Å². The van der Waals surface area contributed by atoms with Gasteiger partial charge >= 0.3 is 5.97 Å². The lowest BCUT2D eigenvalue weighted by Crippen LogP contribution is -2.44. The molecule has 9 nitrogen and oxygen atoms in total. The minimum absolute atomic E-state index is 0.0322. The maximum atomic E-state index is 14.4. The van der Waals surface area contributed by atoms with Crippen LogP contribution in [0.3, 0.4) is 0 Å². The third kappa shape index (κ3) is 8.22. The summed E-state index contributed by atoms with van der Waals surface area (Å²) in [6.07, 6.45) is 12.6. The molecule has 5 rings (SSSR count). The molecule has 0 aromatic rings. The van der Waals surface area contributed by atoms with E-state index in [0.717, 1.165) is 49.1 Å². The van der Waals surface area contributed by atoms with Crippen molar-refractivity contribution in [1.82, 2.24) is 4.90 Å². The van der Waals surface area contributed by atoms with Gasteiger partial charge in [0.05, 0.1) is 23.5 Å². The Morgan fingerprint density at radius 1 is 1.09 bits per heavy atom. The van der Waals surface area contributed by atoms with E-state index in [1.807, 2.05) is 24.0 Å². The first kappa shape index (κ1) is 32.5. The molecule has 2 N–H and O–H groups in total. The second-order valence-corrected chi connectivity index (χ2v) is 15.8. The van der Waals surface area contributed by atoms with E-state index in [4.69, 9.17) is 9.84 Å². The first-order valence-electron chi connectivity index (χ1n) is 16.0. The van der Waals surface area contributed by atoms with Crippen molar-refractivity contribution in [2.24, 2.45) is 11.8 Å². The molecule has 5 aliphatic rings. The molecule has 6 atom stereocenters. The van der Waals surface area contributed by atoms with E-state index in [1.165, 1.54) is 6.42 Å². The van der Waals surface area contributed by atoms with Crippen molar-refractivity contribution < 1.29 is 41.4 Å². The molecule has 12 heteroatoms. The number of ketones is 1. The summed E-state index contributed by atoms with van der Waals surface area (Å²) in [4.78, 5) is 26.5. The van der Waals surface area contributed by atoms with E-state index >= 15 is 0 Å². The molecule has 3 aliphatic carbocycles. The Morgan fingerprint density at radius 2 is 1.86 bits per heavy atom. The molecule has 0 bridgehead atoms. The molecule has 4 fully saturated rings. The lowest BCUT2D eigenvalue weighted by molar-refractivity contribution is -0.563. The maximum absolute atomic E-state index is 14.4. The van der Waals surface area contributed by atoms with E-state index in [2.05, 4.69) is 4.58 Å². The Hall–Kier alpha value is -1.92. The monoisotopic (exact) mass is 641 g/mol. The molecular weight excluding hydrogens is 595 g/mol. The van der Waals surface area contributed by atoms with Crippen molar-refractivity contribution in [2.45, 2.75) is 120 Å². The van der Waals surface area contributed by atoms with Gasteiger partial charge in [0.25, 0.3) is 10.1 Å². The molecule has 0 amide bonds. The SMILES string of the molecule is CC(=CC1=[N+](CCCC(=O)O)C2CC(F)CCC2S1)C=C1OC2CCC(C(=O)C3CCCCC3)CC2N1CCS(=O)(=O)O. The second-order valence-electron chi connectivity index (χ2n) is 13.0. The summed E-state index contributed by atoms with van der Waals surface area (Å²) in [5.41, 5.74) is 0.876. The Labute approximate surface area is 258 Å². The Balaban J connectivity index is 1.37. The number of nitrogens with zero attached hydrogens (tertiary/aromatic N) is 2. The molecule has 240 valence electrons.